The van der Waals surface area contributed by atoms with Crippen LogP contribution in [0.25, 0.3) is 5.65 Å². The van der Waals surface area contributed by atoms with E-state index < -0.39 is 0 Å². The molecule has 0 amide bonds. The quantitative estimate of drug-likeness (QED) is 0.790. The lowest BCUT2D eigenvalue weighted by Crippen LogP contribution is -2.28. The average molecular weight is 231 g/mol. The number of aromatic nitrogens is 3. The Morgan fingerprint density at radius 2 is 2.18 bits per heavy atom. The number of anilines is 1. The van der Waals surface area contributed by atoms with Gasteiger partial charge < -0.3 is 10.2 Å². The van der Waals surface area contributed by atoms with Crippen LogP contribution in [0.3, 0.4) is 0 Å². The SMILES string of the molecule is Cc1ccc2nc(N3CCCNCC3)nn2c1. The molecule has 1 aliphatic rings. The molecule has 90 valence electrons. The van der Waals surface area contributed by atoms with Crippen molar-refractivity contribution in [2.45, 2.75) is 13.3 Å². The van der Waals surface area contributed by atoms with Gasteiger partial charge in [-0.05, 0) is 31.5 Å². The number of pyridine rings is 1. The maximum absolute atomic E-state index is 4.57. The molecule has 3 heterocycles. The monoisotopic (exact) mass is 231 g/mol. The summed E-state index contributed by atoms with van der Waals surface area (Å²) in [6.45, 7) is 6.17. The Hall–Kier alpha value is -1.62. The molecule has 1 N–H and O–H groups in total. The molecule has 0 radical (unpaired) electrons. The smallest absolute Gasteiger partial charge is 0.245 e. The Morgan fingerprint density at radius 3 is 3.12 bits per heavy atom. The fraction of sp³-hybridized carbons (Fsp3) is 0.500. The summed E-state index contributed by atoms with van der Waals surface area (Å²) in [7, 11) is 0. The van der Waals surface area contributed by atoms with Crippen LogP contribution in [0.2, 0.25) is 0 Å². The molecule has 3 rings (SSSR count). The maximum Gasteiger partial charge on any atom is 0.245 e. The molecule has 0 saturated carbocycles. The van der Waals surface area contributed by atoms with E-state index in [4.69, 9.17) is 0 Å². The molecule has 1 fully saturated rings. The Kier molecular flexibility index (Phi) is 2.68. The number of rotatable bonds is 1. The van der Waals surface area contributed by atoms with Gasteiger partial charge >= 0.3 is 0 Å². The number of nitrogens with zero attached hydrogens (tertiary/aromatic N) is 4. The maximum atomic E-state index is 4.57. The van der Waals surface area contributed by atoms with Crippen molar-refractivity contribution in [1.82, 2.24) is 19.9 Å². The summed E-state index contributed by atoms with van der Waals surface area (Å²) in [6.07, 6.45) is 3.16. The first-order valence-electron chi connectivity index (χ1n) is 6.12. The van der Waals surface area contributed by atoms with Gasteiger partial charge in [-0.3, -0.25) is 0 Å². The first-order chi connectivity index (χ1) is 8.33. The van der Waals surface area contributed by atoms with E-state index in [9.17, 15) is 0 Å². The summed E-state index contributed by atoms with van der Waals surface area (Å²) in [5.41, 5.74) is 2.12. The fourth-order valence-electron chi connectivity index (χ4n) is 2.15. The third kappa shape index (κ3) is 2.10. The lowest BCUT2D eigenvalue weighted by atomic mass is 10.3. The van der Waals surface area contributed by atoms with E-state index in [0.717, 1.165) is 44.2 Å². The van der Waals surface area contributed by atoms with Gasteiger partial charge in [-0.25, -0.2) is 4.52 Å². The van der Waals surface area contributed by atoms with Crippen LogP contribution in [-0.4, -0.2) is 40.8 Å². The largest absolute Gasteiger partial charge is 0.338 e. The second-order valence-corrected chi connectivity index (χ2v) is 4.51. The van der Waals surface area contributed by atoms with Gasteiger partial charge in [-0.15, -0.1) is 5.10 Å². The summed E-state index contributed by atoms with van der Waals surface area (Å²) in [5.74, 6) is 0.847. The van der Waals surface area contributed by atoms with Gasteiger partial charge in [-0.1, -0.05) is 6.07 Å². The van der Waals surface area contributed by atoms with Crippen LogP contribution in [0.1, 0.15) is 12.0 Å². The topological polar surface area (TPSA) is 45.5 Å². The van der Waals surface area contributed by atoms with Gasteiger partial charge in [0.25, 0.3) is 0 Å². The standard InChI is InChI=1S/C12H17N5/c1-10-3-4-11-14-12(15-17(11)9-10)16-7-2-5-13-6-8-16/h3-4,9,13H,2,5-8H2,1H3. The third-order valence-electron chi connectivity index (χ3n) is 3.09. The minimum atomic E-state index is 0.847. The Bertz CT molecular complexity index is 511. The second-order valence-electron chi connectivity index (χ2n) is 4.51. The summed E-state index contributed by atoms with van der Waals surface area (Å²) < 4.78 is 1.86. The molecule has 2 aromatic heterocycles. The summed E-state index contributed by atoms with van der Waals surface area (Å²) in [5, 5.41) is 7.93. The number of hydrogen-bond acceptors (Lipinski definition) is 4. The minimum Gasteiger partial charge on any atom is -0.338 e. The molecule has 0 unspecified atom stereocenters. The first kappa shape index (κ1) is 10.5. The molecule has 0 spiro atoms. The molecule has 5 nitrogen and oxygen atoms in total. The van der Waals surface area contributed by atoms with Crippen LogP contribution in [0.15, 0.2) is 18.3 Å². The van der Waals surface area contributed by atoms with E-state index in [1.165, 1.54) is 5.56 Å². The second kappa shape index (κ2) is 4.33. The van der Waals surface area contributed by atoms with Crippen molar-refractivity contribution in [3.63, 3.8) is 0 Å². The Labute approximate surface area is 100 Å². The third-order valence-corrected chi connectivity index (χ3v) is 3.09. The Balaban J connectivity index is 1.93. The normalized spacial score (nSPS) is 17.4. The zero-order valence-electron chi connectivity index (χ0n) is 10.1. The fourth-order valence-corrected chi connectivity index (χ4v) is 2.15. The zero-order valence-corrected chi connectivity index (χ0v) is 10.1. The number of nitrogens with one attached hydrogen (secondary N) is 1. The number of hydrogen-bond donors (Lipinski definition) is 1. The van der Waals surface area contributed by atoms with Crippen molar-refractivity contribution >= 4 is 11.6 Å². The van der Waals surface area contributed by atoms with E-state index in [1.54, 1.807) is 0 Å². The molecular weight excluding hydrogens is 214 g/mol. The molecular formula is C12H17N5. The molecule has 5 heteroatoms. The average Bonchev–Trinajstić information content (AvgIpc) is 2.57. The van der Waals surface area contributed by atoms with Gasteiger partial charge in [0, 0.05) is 25.8 Å². The molecule has 1 saturated heterocycles. The Morgan fingerprint density at radius 1 is 1.24 bits per heavy atom. The molecule has 0 bridgehead atoms. The molecule has 0 aromatic carbocycles. The van der Waals surface area contributed by atoms with Crippen LogP contribution >= 0.6 is 0 Å². The van der Waals surface area contributed by atoms with Gasteiger partial charge in [0.1, 0.15) is 0 Å². The van der Waals surface area contributed by atoms with Crippen molar-refractivity contribution in [2.24, 2.45) is 0 Å². The summed E-state index contributed by atoms with van der Waals surface area (Å²) in [6, 6.07) is 4.08. The van der Waals surface area contributed by atoms with Crippen molar-refractivity contribution in [1.29, 1.82) is 0 Å². The van der Waals surface area contributed by atoms with Crippen molar-refractivity contribution in [3.8, 4) is 0 Å². The molecule has 17 heavy (non-hydrogen) atoms. The molecule has 2 aromatic rings. The van der Waals surface area contributed by atoms with Gasteiger partial charge in [-0.2, -0.15) is 4.98 Å². The highest BCUT2D eigenvalue weighted by Gasteiger charge is 2.14. The van der Waals surface area contributed by atoms with E-state index >= 15 is 0 Å². The van der Waals surface area contributed by atoms with E-state index in [2.05, 4.69) is 33.3 Å². The first-order valence-corrected chi connectivity index (χ1v) is 6.12. The lowest BCUT2D eigenvalue weighted by Gasteiger charge is -2.16. The predicted octanol–water partition coefficient (Wildman–Crippen LogP) is 0.837. The van der Waals surface area contributed by atoms with Crippen LogP contribution in [0.5, 0.6) is 0 Å². The highest BCUT2D eigenvalue weighted by atomic mass is 15.4. The van der Waals surface area contributed by atoms with E-state index in [1.807, 2.05) is 16.8 Å². The van der Waals surface area contributed by atoms with Gasteiger partial charge in [0.2, 0.25) is 5.95 Å². The minimum absolute atomic E-state index is 0.847. The zero-order chi connectivity index (χ0) is 11.7. The molecule has 0 atom stereocenters. The molecule has 0 aliphatic carbocycles. The highest BCUT2D eigenvalue weighted by Crippen LogP contribution is 2.12. The van der Waals surface area contributed by atoms with Crippen molar-refractivity contribution < 1.29 is 0 Å². The van der Waals surface area contributed by atoms with Crippen LogP contribution in [0, 0.1) is 6.92 Å². The van der Waals surface area contributed by atoms with E-state index in [0.29, 0.717) is 0 Å². The van der Waals surface area contributed by atoms with Crippen LogP contribution in [0.4, 0.5) is 5.95 Å². The lowest BCUT2D eigenvalue weighted by molar-refractivity contribution is 0.724. The molecule has 1 aliphatic heterocycles. The van der Waals surface area contributed by atoms with E-state index in [-0.39, 0.29) is 0 Å². The predicted molar refractivity (Wildman–Crippen MR) is 67.4 cm³/mol. The van der Waals surface area contributed by atoms with Crippen LogP contribution < -0.4 is 10.2 Å². The van der Waals surface area contributed by atoms with Gasteiger partial charge in [0.05, 0.1) is 0 Å². The highest BCUT2D eigenvalue weighted by molar-refractivity contribution is 5.45. The van der Waals surface area contributed by atoms with Crippen molar-refractivity contribution in [2.75, 3.05) is 31.1 Å². The number of fused-ring (bicyclic) bond motifs is 1. The van der Waals surface area contributed by atoms with Gasteiger partial charge in [0.15, 0.2) is 5.65 Å². The van der Waals surface area contributed by atoms with Crippen molar-refractivity contribution in [3.05, 3.63) is 23.9 Å². The van der Waals surface area contributed by atoms with Crippen LogP contribution in [-0.2, 0) is 0 Å². The summed E-state index contributed by atoms with van der Waals surface area (Å²) in [4.78, 5) is 6.82. The number of aryl methyl sites for hydroxylation is 1. The summed E-state index contributed by atoms with van der Waals surface area (Å²) >= 11 is 0.